The molecular weight excluding hydrogens is 333 g/mol. The number of nitrogens with zero attached hydrogens (tertiary/aromatic N) is 2. The highest BCUT2D eigenvalue weighted by Gasteiger charge is 2.23. The highest BCUT2D eigenvalue weighted by Crippen LogP contribution is 2.30. The maximum atomic E-state index is 12.6. The Morgan fingerprint density at radius 3 is 2.70 bits per heavy atom. The molecule has 1 N–H and O–H groups in total. The predicted molar refractivity (Wildman–Crippen MR) is 92.1 cm³/mol. The third kappa shape index (κ3) is 3.54. The molecule has 0 unspecified atom stereocenters. The van der Waals surface area contributed by atoms with Gasteiger partial charge in [-0.3, -0.25) is 9.48 Å². The minimum atomic E-state index is -0.163. The fraction of sp³-hybridized carbons (Fsp3) is 0.412. The van der Waals surface area contributed by atoms with Gasteiger partial charge in [-0.2, -0.15) is 5.10 Å². The second-order valence-electron chi connectivity index (χ2n) is 5.97. The lowest BCUT2D eigenvalue weighted by Crippen LogP contribution is -2.29. The molecule has 0 radical (unpaired) electrons. The number of hydrogen-bond acceptors (Lipinski definition) is 2. The lowest BCUT2D eigenvalue weighted by atomic mass is 10.1. The molecule has 1 aromatic carbocycles. The van der Waals surface area contributed by atoms with Crippen LogP contribution in [0.25, 0.3) is 0 Å². The largest absolute Gasteiger partial charge is 0.344 e. The van der Waals surface area contributed by atoms with E-state index < -0.39 is 0 Å². The van der Waals surface area contributed by atoms with Crippen LogP contribution in [-0.2, 0) is 0 Å². The molecule has 4 nitrogen and oxygen atoms in total. The van der Waals surface area contributed by atoms with E-state index in [4.69, 9.17) is 23.2 Å². The van der Waals surface area contributed by atoms with Crippen molar-refractivity contribution < 1.29 is 4.79 Å². The Morgan fingerprint density at radius 2 is 2.00 bits per heavy atom. The summed E-state index contributed by atoms with van der Waals surface area (Å²) in [6.07, 6.45) is 6.27. The van der Waals surface area contributed by atoms with E-state index in [1.807, 2.05) is 17.7 Å². The van der Waals surface area contributed by atoms with Gasteiger partial charge in [-0.05, 0) is 43.5 Å². The standard InChI is InChI=1S/C17H19Cl2N3O/c1-11(12-6-7-14(18)15(19)10-12)21-17(23)16-8-9-20-22(16)13-4-2-3-5-13/h6-11,13H,2-5H2,1H3,(H,21,23)/t11-/m0/s1. The number of carbonyl (C=O) groups excluding carboxylic acids is 1. The number of halogens is 2. The Labute approximate surface area is 145 Å². The minimum absolute atomic E-state index is 0.118. The van der Waals surface area contributed by atoms with E-state index in [-0.39, 0.29) is 11.9 Å². The molecule has 122 valence electrons. The highest BCUT2D eigenvalue weighted by molar-refractivity contribution is 6.42. The van der Waals surface area contributed by atoms with E-state index in [1.165, 1.54) is 12.8 Å². The van der Waals surface area contributed by atoms with Crippen LogP contribution in [0.15, 0.2) is 30.5 Å². The van der Waals surface area contributed by atoms with Gasteiger partial charge in [-0.25, -0.2) is 0 Å². The average molecular weight is 352 g/mol. The zero-order valence-corrected chi connectivity index (χ0v) is 14.4. The fourth-order valence-electron chi connectivity index (χ4n) is 3.07. The number of rotatable bonds is 4. The summed E-state index contributed by atoms with van der Waals surface area (Å²) in [4.78, 5) is 12.6. The highest BCUT2D eigenvalue weighted by atomic mass is 35.5. The van der Waals surface area contributed by atoms with Crippen LogP contribution in [0.2, 0.25) is 10.0 Å². The van der Waals surface area contributed by atoms with Gasteiger partial charge in [0.15, 0.2) is 0 Å². The molecule has 0 bridgehead atoms. The Hall–Kier alpha value is -1.52. The number of amides is 1. The quantitative estimate of drug-likeness (QED) is 0.859. The van der Waals surface area contributed by atoms with Crippen molar-refractivity contribution in [2.45, 2.75) is 44.7 Å². The second kappa shape index (κ2) is 6.93. The van der Waals surface area contributed by atoms with Crippen LogP contribution in [0, 0.1) is 0 Å². The topological polar surface area (TPSA) is 46.9 Å². The molecule has 0 spiro atoms. The van der Waals surface area contributed by atoms with Gasteiger partial charge < -0.3 is 5.32 Å². The van der Waals surface area contributed by atoms with Gasteiger partial charge in [0, 0.05) is 6.20 Å². The Balaban J connectivity index is 1.74. The van der Waals surface area contributed by atoms with Crippen molar-refractivity contribution in [2.24, 2.45) is 0 Å². The van der Waals surface area contributed by atoms with Crippen LogP contribution >= 0.6 is 23.2 Å². The van der Waals surface area contributed by atoms with Gasteiger partial charge in [0.2, 0.25) is 0 Å². The summed E-state index contributed by atoms with van der Waals surface area (Å²) in [5, 5.41) is 8.34. The molecule has 1 amide bonds. The Morgan fingerprint density at radius 1 is 1.26 bits per heavy atom. The SMILES string of the molecule is C[C@H](NC(=O)c1ccnn1C1CCCC1)c1ccc(Cl)c(Cl)c1. The molecule has 23 heavy (non-hydrogen) atoms. The first-order valence-electron chi connectivity index (χ1n) is 7.85. The van der Waals surface area contributed by atoms with Crippen molar-refractivity contribution in [3.8, 4) is 0 Å². The van der Waals surface area contributed by atoms with E-state index >= 15 is 0 Å². The van der Waals surface area contributed by atoms with Gasteiger partial charge in [-0.1, -0.05) is 42.1 Å². The summed E-state index contributed by atoms with van der Waals surface area (Å²) in [7, 11) is 0. The van der Waals surface area contributed by atoms with Crippen LogP contribution < -0.4 is 5.32 Å². The molecule has 6 heteroatoms. The lowest BCUT2D eigenvalue weighted by molar-refractivity contribution is 0.0926. The molecule has 1 aromatic heterocycles. The van der Waals surface area contributed by atoms with Crippen molar-refractivity contribution in [3.05, 3.63) is 51.8 Å². The fourth-order valence-corrected chi connectivity index (χ4v) is 3.38. The van der Waals surface area contributed by atoms with E-state index in [2.05, 4.69) is 10.4 Å². The van der Waals surface area contributed by atoms with Crippen LogP contribution in [-0.4, -0.2) is 15.7 Å². The molecule has 1 heterocycles. The van der Waals surface area contributed by atoms with Gasteiger partial charge in [0.1, 0.15) is 5.69 Å². The van der Waals surface area contributed by atoms with Crippen molar-refractivity contribution in [2.75, 3.05) is 0 Å². The number of aromatic nitrogens is 2. The van der Waals surface area contributed by atoms with E-state index in [0.29, 0.717) is 21.8 Å². The second-order valence-corrected chi connectivity index (χ2v) is 6.78. The first-order chi connectivity index (χ1) is 11.1. The summed E-state index contributed by atoms with van der Waals surface area (Å²) in [5.74, 6) is -0.118. The number of carbonyl (C=O) groups is 1. The summed E-state index contributed by atoms with van der Waals surface area (Å²) >= 11 is 12.0. The molecule has 3 rings (SSSR count). The molecule has 1 aliphatic carbocycles. The van der Waals surface area contributed by atoms with Crippen molar-refractivity contribution in [3.63, 3.8) is 0 Å². The van der Waals surface area contributed by atoms with Gasteiger partial charge in [-0.15, -0.1) is 0 Å². The van der Waals surface area contributed by atoms with Crippen molar-refractivity contribution in [1.82, 2.24) is 15.1 Å². The summed E-state index contributed by atoms with van der Waals surface area (Å²) in [6, 6.07) is 7.34. The maximum Gasteiger partial charge on any atom is 0.270 e. The monoisotopic (exact) mass is 351 g/mol. The maximum absolute atomic E-state index is 12.6. The third-order valence-corrected chi connectivity index (χ3v) is 5.10. The molecule has 1 atom stereocenters. The lowest BCUT2D eigenvalue weighted by Gasteiger charge is -2.17. The zero-order chi connectivity index (χ0) is 16.4. The summed E-state index contributed by atoms with van der Waals surface area (Å²) in [6.45, 7) is 1.92. The molecule has 1 aliphatic rings. The van der Waals surface area contributed by atoms with E-state index in [0.717, 1.165) is 18.4 Å². The predicted octanol–water partition coefficient (Wildman–Crippen LogP) is 4.80. The molecule has 0 saturated heterocycles. The van der Waals surface area contributed by atoms with E-state index in [9.17, 15) is 4.79 Å². The third-order valence-electron chi connectivity index (χ3n) is 4.36. The van der Waals surface area contributed by atoms with Gasteiger partial charge in [0.25, 0.3) is 5.91 Å². The van der Waals surface area contributed by atoms with Crippen molar-refractivity contribution >= 4 is 29.1 Å². The summed E-state index contributed by atoms with van der Waals surface area (Å²) in [5.41, 5.74) is 1.53. The zero-order valence-electron chi connectivity index (χ0n) is 12.9. The van der Waals surface area contributed by atoms with Gasteiger partial charge >= 0.3 is 0 Å². The Kier molecular flexibility index (Phi) is 4.93. The minimum Gasteiger partial charge on any atom is -0.344 e. The number of benzene rings is 1. The molecule has 0 aliphatic heterocycles. The van der Waals surface area contributed by atoms with Gasteiger partial charge in [0.05, 0.1) is 22.1 Å². The number of nitrogens with one attached hydrogen (secondary N) is 1. The van der Waals surface area contributed by atoms with Crippen LogP contribution in [0.5, 0.6) is 0 Å². The number of hydrogen-bond donors (Lipinski definition) is 1. The van der Waals surface area contributed by atoms with Crippen LogP contribution in [0.3, 0.4) is 0 Å². The van der Waals surface area contributed by atoms with Crippen LogP contribution in [0.4, 0.5) is 0 Å². The molecular formula is C17H19Cl2N3O. The van der Waals surface area contributed by atoms with E-state index in [1.54, 1.807) is 24.4 Å². The van der Waals surface area contributed by atoms with Crippen LogP contribution in [0.1, 0.15) is 60.7 Å². The molecule has 2 aromatic rings. The molecule has 1 fully saturated rings. The van der Waals surface area contributed by atoms with Crippen molar-refractivity contribution in [1.29, 1.82) is 0 Å². The normalized spacial score (nSPS) is 16.5. The smallest absolute Gasteiger partial charge is 0.270 e. The average Bonchev–Trinajstić information content (AvgIpc) is 3.19. The first-order valence-corrected chi connectivity index (χ1v) is 8.61. The summed E-state index contributed by atoms with van der Waals surface area (Å²) < 4.78 is 1.86. The Bertz CT molecular complexity index is 708. The molecule has 1 saturated carbocycles. The first kappa shape index (κ1) is 16.3.